The summed E-state index contributed by atoms with van der Waals surface area (Å²) in [4.78, 5) is 6.46. The highest BCUT2D eigenvalue weighted by Gasteiger charge is 2.23. The van der Waals surface area contributed by atoms with Crippen LogP contribution in [0.1, 0.15) is 33.1 Å². The molecule has 2 heterocycles. The second kappa shape index (κ2) is 4.32. The number of hydrogen-bond donors (Lipinski definition) is 1. The first-order valence-corrected chi connectivity index (χ1v) is 6.03. The Balaban J connectivity index is 2.11. The number of rotatable bonds is 1. The van der Waals surface area contributed by atoms with E-state index >= 15 is 0 Å². The van der Waals surface area contributed by atoms with Crippen molar-refractivity contribution in [3.05, 3.63) is 18.3 Å². The predicted molar refractivity (Wildman–Crippen MR) is 68.5 cm³/mol. The van der Waals surface area contributed by atoms with Crippen molar-refractivity contribution in [2.45, 2.75) is 33.1 Å². The second-order valence-electron chi connectivity index (χ2n) is 5.44. The highest BCUT2D eigenvalue weighted by atomic mass is 15.1. The lowest BCUT2D eigenvalue weighted by Crippen LogP contribution is -2.25. The minimum absolute atomic E-state index is 0.479. The number of nitrogen functional groups attached to an aromatic ring is 1. The van der Waals surface area contributed by atoms with Crippen LogP contribution in [0.15, 0.2) is 18.3 Å². The normalized spacial score (nSPS) is 20.5. The summed E-state index contributed by atoms with van der Waals surface area (Å²) < 4.78 is 0. The van der Waals surface area contributed by atoms with Crippen LogP contribution in [0, 0.1) is 5.41 Å². The van der Waals surface area contributed by atoms with Crippen LogP contribution < -0.4 is 10.6 Å². The Morgan fingerprint density at radius 1 is 1.31 bits per heavy atom. The standard InChI is InChI=1S/C13H21N3/c1-13(2)5-3-8-16(9-6-13)11-4-7-15-12(14)10-11/h4,7,10H,3,5-6,8-9H2,1-2H3,(H2,14,15). The van der Waals surface area contributed by atoms with E-state index in [0.717, 1.165) is 13.1 Å². The molecule has 2 rings (SSSR count). The molecule has 0 radical (unpaired) electrons. The van der Waals surface area contributed by atoms with Gasteiger partial charge in [0.2, 0.25) is 0 Å². The molecular weight excluding hydrogens is 198 g/mol. The maximum Gasteiger partial charge on any atom is 0.125 e. The molecule has 0 unspecified atom stereocenters. The van der Waals surface area contributed by atoms with Crippen molar-refractivity contribution < 1.29 is 0 Å². The third kappa shape index (κ3) is 2.65. The molecule has 0 aliphatic carbocycles. The summed E-state index contributed by atoms with van der Waals surface area (Å²) in [6.07, 6.45) is 5.61. The van der Waals surface area contributed by atoms with E-state index in [9.17, 15) is 0 Å². The zero-order valence-electron chi connectivity index (χ0n) is 10.2. The van der Waals surface area contributed by atoms with Gasteiger partial charge in [0.25, 0.3) is 0 Å². The van der Waals surface area contributed by atoms with E-state index in [1.54, 1.807) is 6.20 Å². The fourth-order valence-electron chi connectivity index (χ4n) is 2.31. The van der Waals surface area contributed by atoms with Crippen molar-refractivity contribution >= 4 is 11.5 Å². The molecule has 16 heavy (non-hydrogen) atoms. The molecule has 1 aliphatic rings. The maximum absolute atomic E-state index is 5.72. The van der Waals surface area contributed by atoms with Crippen molar-refractivity contribution in [3.63, 3.8) is 0 Å². The fraction of sp³-hybridized carbons (Fsp3) is 0.615. The van der Waals surface area contributed by atoms with Gasteiger partial charge in [0.05, 0.1) is 0 Å². The Kier molecular flexibility index (Phi) is 3.03. The van der Waals surface area contributed by atoms with E-state index in [1.807, 2.05) is 6.07 Å². The van der Waals surface area contributed by atoms with Crippen LogP contribution >= 0.6 is 0 Å². The number of anilines is 2. The average molecular weight is 219 g/mol. The van der Waals surface area contributed by atoms with Gasteiger partial charge < -0.3 is 10.6 Å². The van der Waals surface area contributed by atoms with Crippen LogP contribution in [0.2, 0.25) is 0 Å². The number of nitrogens with zero attached hydrogens (tertiary/aromatic N) is 2. The minimum Gasteiger partial charge on any atom is -0.384 e. The van der Waals surface area contributed by atoms with Gasteiger partial charge >= 0.3 is 0 Å². The summed E-state index contributed by atoms with van der Waals surface area (Å²) in [6.45, 7) is 6.97. The Morgan fingerprint density at radius 2 is 2.12 bits per heavy atom. The van der Waals surface area contributed by atoms with Crippen molar-refractivity contribution in [3.8, 4) is 0 Å². The van der Waals surface area contributed by atoms with Crippen molar-refractivity contribution in [1.29, 1.82) is 0 Å². The minimum atomic E-state index is 0.479. The van der Waals surface area contributed by atoms with E-state index in [1.165, 1.54) is 24.9 Å². The lowest BCUT2D eigenvalue weighted by atomic mass is 9.85. The predicted octanol–water partition coefficient (Wildman–Crippen LogP) is 2.68. The molecule has 1 aromatic rings. The monoisotopic (exact) mass is 219 g/mol. The fourth-order valence-corrected chi connectivity index (χ4v) is 2.31. The summed E-state index contributed by atoms with van der Waals surface area (Å²) in [7, 11) is 0. The Labute approximate surface area is 97.7 Å². The second-order valence-corrected chi connectivity index (χ2v) is 5.44. The average Bonchev–Trinajstić information content (AvgIpc) is 2.39. The van der Waals surface area contributed by atoms with E-state index < -0.39 is 0 Å². The van der Waals surface area contributed by atoms with E-state index in [4.69, 9.17) is 5.73 Å². The number of pyridine rings is 1. The van der Waals surface area contributed by atoms with Gasteiger partial charge in [0, 0.05) is 31.0 Å². The molecule has 1 saturated heterocycles. The molecule has 0 spiro atoms. The first-order chi connectivity index (χ1) is 7.57. The highest BCUT2D eigenvalue weighted by Crippen LogP contribution is 2.31. The summed E-state index contributed by atoms with van der Waals surface area (Å²) >= 11 is 0. The molecule has 0 atom stereocenters. The Hall–Kier alpha value is -1.25. The molecule has 0 saturated carbocycles. The largest absolute Gasteiger partial charge is 0.384 e. The van der Waals surface area contributed by atoms with Crippen LogP contribution in [0.5, 0.6) is 0 Å². The van der Waals surface area contributed by atoms with Crippen molar-refractivity contribution in [2.24, 2.45) is 5.41 Å². The molecule has 1 aliphatic heterocycles. The van der Waals surface area contributed by atoms with E-state index in [0.29, 0.717) is 11.2 Å². The highest BCUT2D eigenvalue weighted by molar-refractivity contribution is 5.52. The van der Waals surface area contributed by atoms with Gasteiger partial charge in [-0.2, -0.15) is 0 Å². The topological polar surface area (TPSA) is 42.2 Å². The zero-order chi connectivity index (χ0) is 11.6. The summed E-state index contributed by atoms with van der Waals surface area (Å²) in [5, 5.41) is 0. The first kappa shape index (κ1) is 11.2. The van der Waals surface area contributed by atoms with Gasteiger partial charge in [0.1, 0.15) is 5.82 Å². The molecule has 3 heteroatoms. The number of nitrogens with two attached hydrogens (primary N) is 1. The molecule has 3 nitrogen and oxygen atoms in total. The number of aromatic nitrogens is 1. The molecular formula is C13H21N3. The van der Waals surface area contributed by atoms with Gasteiger partial charge in [0.15, 0.2) is 0 Å². The molecule has 1 fully saturated rings. The maximum atomic E-state index is 5.72. The number of hydrogen-bond acceptors (Lipinski definition) is 3. The van der Waals surface area contributed by atoms with Crippen LogP contribution in [0.25, 0.3) is 0 Å². The van der Waals surface area contributed by atoms with Gasteiger partial charge in [-0.25, -0.2) is 4.98 Å². The summed E-state index contributed by atoms with van der Waals surface area (Å²) in [6, 6.07) is 4.02. The van der Waals surface area contributed by atoms with Crippen LogP contribution in [-0.4, -0.2) is 18.1 Å². The zero-order valence-corrected chi connectivity index (χ0v) is 10.2. The smallest absolute Gasteiger partial charge is 0.125 e. The van der Waals surface area contributed by atoms with Crippen LogP contribution in [0.4, 0.5) is 11.5 Å². The lowest BCUT2D eigenvalue weighted by molar-refractivity contribution is 0.325. The van der Waals surface area contributed by atoms with Crippen LogP contribution in [0.3, 0.4) is 0 Å². The van der Waals surface area contributed by atoms with E-state index in [2.05, 4.69) is 29.8 Å². The molecule has 0 amide bonds. The third-order valence-corrected chi connectivity index (χ3v) is 3.47. The molecule has 1 aromatic heterocycles. The Morgan fingerprint density at radius 3 is 2.88 bits per heavy atom. The van der Waals surface area contributed by atoms with Crippen LogP contribution in [-0.2, 0) is 0 Å². The lowest BCUT2D eigenvalue weighted by Gasteiger charge is -2.24. The van der Waals surface area contributed by atoms with Gasteiger partial charge in [-0.1, -0.05) is 13.8 Å². The van der Waals surface area contributed by atoms with E-state index in [-0.39, 0.29) is 0 Å². The molecule has 88 valence electrons. The van der Waals surface area contributed by atoms with Gasteiger partial charge in [-0.05, 0) is 30.7 Å². The Bertz CT molecular complexity index is 360. The quantitative estimate of drug-likeness (QED) is 0.789. The van der Waals surface area contributed by atoms with Crippen molar-refractivity contribution in [1.82, 2.24) is 4.98 Å². The third-order valence-electron chi connectivity index (χ3n) is 3.47. The van der Waals surface area contributed by atoms with Gasteiger partial charge in [-0.15, -0.1) is 0 Å². The molecule has 2 N–H and O–H groups in total. The molecule has 0 aromatic carbocycles. The van der Waals surface area contributed by atoms with Crippen molar-refractivity contribution in [2.75, 3.05) is 23.7 Å². The first-order valence-electron chi connectivity index (χ1n) is 6.03. The molecule has 0 bridgehead atoms. The SMILES string of the molecule is CC1(C)CCCN(c2ccnc(N)c2)CC1. The summed E-state index contributed by atoms with van der Waals surface area (Å²) in [5.74, 6) is 0.612. The summed E-state index contributed by atoms with van der Waals surface area (Å²) in [5.41, 5.74) is 7.41. The van der Waals surface area contributed by atoms with Gasteiger partial charge in [-0.3, -0.25) is 0 Å².